The first-order chi connectivity index (χ1) is 6.77. The van der Waals surface area contributed by atoms with E-state index in [4.69, 9.17) is 4.98 Å². The van der Waals surface area contributed by atoms with Gasteiger partial charge in [-0.25, -0.2) is 4.98 Å². The highest BCUT2D eigenvalue weighted by Gasteiger charge is 2.22. The van der Waals surface area contributed by atoms with E-state index in [9.17, 15) is 0 Å². The molecule has 1 unspecified atom stereocenters. The second-order valence-corrected chi connectivity index (χ2v) is 4.28. The highest BCUT2D eigenvalue weighted by Crippen LogP contribution is 2.28. The fourth-order valence-corrected chi connectivity index (χ4v) is 2.41. The van der Waals surface area contributed by atoms with Crippen LogP contribution in [-0.4, -0.2) is 9.55 Å². The second kappa shape index (κ2) is 3.76. The standard InChI is InChI=1S/C12H20N2/c1-4-9(3)12-10(5-2)13-11-7-6-8-14(11)12/h9H,4-8H2,1-3H3. The largest absolute Gasteiger partial charge is 0.331 e. The van der Waals surface area contributed by atoms with Crippen LogP contribution in [0.15, 0.2) is 0 Å². The van der Waals surface area contributed by atoms with Crippen LogP contribution in [0.1, 0.15) is 56.7 Å². The normalized spacial score (nSPS) is 17.1. The molecule has 0 radical (unpaired) electrons. The minimum absolute atomic E-state index is 0.671. The Bertz CT molecular complexity index is 325. The van der Waals surface area contributed by atoms with Crippen molar-refractivity contribution in [2.24, 2.45) is 0 Å². The molecule has 2 heterocycles. The van der Waals surface area contributed by atoms with Gasteiger partial charge in [-0.15, -0.1) is 0 Å². The van der Waals surface area contributed by atoms with Crippen LogP contribution in [0, 0.1) is 0 Å². The summed E-state index contributed by atoms with van der Waals surface area (Å²) >= 11 is 0. The molecular weight excluding hydrogens is 172 g/mol. The molecular formula is C12H20N2. The summed E-state index contributed by atoms with van der Waals surface area (Å²) in [6.45, 7) is 7.99. The smallest absolute Gasteiger partial charge is 0.109 e. The fourth-order valence-electron chi connectivity index (χ4n) is 2.41. The van der Waals surface area contributed by atoms with E-state index < -0.39 is 0 Å². The summed E-state index contributed by atoms with van der Waals surface area (Å²) in [5, 5.41) is 0. The molecule has 1 aromatic heterocycles. The summed E-state index contributed by atoms with van der Waals surface area (Å²) in [5.74, 6) is 2.00. The predicted molar refractivity (Wildman–Crippen MR) is 58.6 cm³/mol. The van der Waals surface area contributed by atoms with Crippen LogP contribution >= 0.6 is 0 Å². The Morgan fingerprint density at radius 3 is 2.86 bits per heavy atom. The molecule has 2 heteroatoms. The first-order valence-electron chi connectivity index (χ1n) is 5.86. The van der Waals surface area contributed by atoms with Gasteiger partial charge in [0.1, 0.15) is 5.82 Å². The molecule has 0 fully saturated rings. The molecule has 78 valence electrons. The molecule has 0 aromatic carbocycles. The van der Waals surface area contributed by atoms with Gasteiger partial charge in [0, 0.05) is 18.7 Å². The zero-order valence-corrected chi connectivity index (χ0v) is 9.51. The lowest BCUT2D eigenvalue weighted by Gasteiger charge is -2.13. The number of aryl methyl sites for hydroxylation is 2. The monoisotopic (exact) mass is 192 g/mol. The zero-order valence-electron chi connectivity index (χ0n) is 9.51. The van der Waals surface area contributed by atoms with Crippen LogP contribution in [0.5, 0.6) is 0 Å². The minimum atomic E-state index is 0.671. The highest BCUT2D eigenvalue weighted by molar-refractivity contribution is 5.23. The summed E-state index contributed by atoms with van der Waals surface area (Å²) in [6.07, 6.45) is 4.77. The van der Waals surface area contributed by atoms with Gasteiger partial charge in [-0.3, -0.25) is 0 Å². The maximum absolute atomic E-state index is 4.74. The number of aromatic nitrogens is 2. The minimum Gasteiger partial charge on any atom is -0.331 e. The van der Waals surface area contributed by atoms with Crippen molar-refractivity contribution >= 4 is 0 Å². The molecule has 0 bridgehead atoms. The third kappa shape index (κ3) is 1.37. The zero-order chi connectivity index (χ0) is 10.1. The quantitative estimate of drug-likeness (QED) is 0.720. The Morgan fingerprint density at radius 2 is 2.21 bits per heavy atom. The SMILES string of the molecule is CCc1nc2n(c1C(C)CC)CCC2. The molecule has 0 aliphatic carbocycles. The lowest BCUT2D eigenvalue weighted by atomic mass is 10.0. The van der Waals surface area contributed by atoms with Crippen molar-refractivity contribution in [2.75, 3.05) is 0 Å². The van der Waals surface area contributed by atoms with Crippen molar-refractivity contribution in [2.45, 2.75) is 58.9 Å². The van der Waals surface area contributed by atoms with Crippen molar-refractivity contribution in [1.29, 1.82) is 0 Å². The van der Waals surface area contributed by atoms with Crippen molar-refractivity contribution < 1.29 is 0 Å². The van der Waals surface area contributed by atoms with Gasteiger partial charge in [0.05, 0.1) is 5.69 Å². The van der Waals surface area contributed by atoms with Crippen molar-refractivity contribution in [3.63, 3.8) is 0 Å². The molecule has 0 amide bonds. The summed E-state index contributed by atoms with van der Waals surface area (Å²) in [5.41, 5.74) is 2.86. The lowest BCUT2D eigenvalue weighted by Crippen LogP contribution is -2.05. The van der Waals surface area contributed by atoms with E-state index in [1.54, 1.807) is 0 Å². The van der Waals surface area contributed by atoms with Gasteiger partial charge in [-0.1, -0.05) is 20.8 Å². The van der Waals surface area contributed by atoms with Gasteiger partial charge in [0.2, 0.25) is 0 Å². The van der Waals surface area contributed by atoms with E-state index in [2.05, 4.69) is 25.3 Å². The van der Waals surface area contributed by atoms with Gasteiger partial charge < -0.3 is 4.57 Å². The van der Waals surface area contributed by atoms with Crippen LogP contribution in [0.4, 0.5) is 0 Å². The van der Waals surface area contributed by atoms with Crippen LogP contribution in [0.2, 0.25) is 0 Å². The lowest BCUT2D eigenvalue weighted by molar-refractivity contribution is 0.620. The second-order valence-electron chi connectivity index (χ2n) is 4.28. The third-order valence-corrected chi connectivity index (χ3v) is 3.36. The molecule has 0 N–H and O–H groups in total. The van der Waals surface area contributed by atoms with Gasteiger partial charge in [0.25, 0.3) is 0 Å². The van der Waals surface area contributed by atoms with Gasteiger partial charge in [-0.2, -0.15) is 0 Å². The van der Waals surface area contributed by atoms with E-state index >= 15 is 0 Å². The highest BCUT2D eigenvalue weighted by atomic mass is 15.1. The first-order valence-corrected chi connectivity index (χ1v) is 5.86. The van der Waals surface area contributed by atoms with Gasteiger partial charge >= 0.3 is 0 Å². The molecule has 1 aromatic rings. The molecule has 1 aliphatic heterocycles. The molecule has 2 rings (SSSR count). The molecule has 1 atom stereocenters. The van der Waals surface area contributed by atoms with Crippen molar-refractivity contribution in [1.82, 2.24) is 9.55 Å². The van der Waals surface area contributed by atoms with E-state index in [1.165, 1.54) is 43.0 Å². The molecule has 14 heavy (non-hydrogen) atoms. The number of hydrogen-bond acceptors (Lipinski definition) is 1. The molecule has 0 spiro atoms. The fraction of sp³-hybridized carbons (Fsp3) is 0.750. The van der Waals surface area contributed by atoms with Crippen molar-refractivity contribution in [3.8, 4) is 0 Å². The Kier molecular flexibility index (Phi) is 2.62. The number of fused-ring (bicyclic) bond motifs is 1. The topological polar surface area (TPSA) is 17.8 Å². The van der Waals surface area contributed by atoms with Crippen LogP contribution in [0.3, 0.4) is 0 Å². The molecule has 0 saturated heterocycles. The van der Waals surface area contributed by atoms with Gasteiger partial charge in [0.15, 0.2) is 0 Å². The first kappa shape index (κ1) is 9.75. The summed E-state index contributed by atoms with van der Waals surface area (Å²) in [7, 11) is 0. The Labute approximate surface area is 86.3 Å². The van der Waals surface area contributed by atoms with Gasteiger partial charge in [-0.05, 0) is 25.2 Å². The Morgan fingerprint density at radius 1 is 1.43 bits per heavy atom. The number of rotatable bonds is 3. The third-order valence-electron chi connectivity index (χ3n) is 3.36. The maximum atomic E-state index is 4.74. The molecule has 1 aliphatic rings. The number of imidazole rings is 1. The summed E-state index contributed by atoms with van der Waals surface area (Å²) in [6, 6.07) is 0. The molecule has 0 saturated carbocycles. The van der Waals surface area contributed by atoms with Crippen molar-refractivity contribution in [3.05, 3.63) is 17.2 Å². The summed E-state index contributed by atoms with van der Waals surface area (Å²) < 4.78 is 2.47. The van der Waals surface area contributed by atoms with Crippen LogP contribution < -0.4 is 0 Å². The predicted octanol–water partition coefficient (Wildman–Crippen LogP) is 2.91. The molecule has 2 nitrogen and oxygen atoms in total. The van der Waals surface area contributed by atoms with E-state index in [1.807, 2.05) is 0 Å². The maximum Gasteiger partial charge on any atom is 0.109 e. The Hall–Kier alpha value is -0.790. The van der Waals surface area contributed by atoms with E-state index in [-0.39, 0.29) is 0 Å². The average Bonchev–Trinajstić information content (AvgIpc) is 2.74. The van der Waals surface area contributed by atoms with E-state index in [0.717, 1.165) is 6.42 Å². The van der Waals surface area contributed by atoms with E-state index in [0.29, 0.717) is 5.92 Å². The van der Waals surface area contributed by atoms with Crippen LogP contribution in [-0.2, 0) is 19.4 Å². The van der Waals surface area contributed by atoms with Crippen LogP contribution in [0.25, 0.3) is 0 Å². The number of nitrogens with zero attached hydrogens (tertiary/aromatic N) is 2. The Balaban J connectivity index is 2.44. The number of hydrogen-bond donors (Lipinski definition) is 0. The average molecular weight is 192 g/mol. The summed E-state index contributed by atoms with van der Waals surface area (Å²) in [4.78, 5) is 4.74.